The van der Waals surface area contributed by atoms with Gasteiger partial charge < -0.3 is 4.57 Å². The van der Waals surface area contributed by atoms with E-state index >= 15 is 0 Å². The van der Waals surface area contributed by atoms with Crippen molar-refractivity contribution in [1.29, 1.82) is 0 Å². The molecule has 1 fully saturated rings. The molecule has 0 aliphatic carbocycles. The Balaban J connectivity index is 1.17. The van der Waals surface area contributed by atoms with Crippen molar-refractivity contribution >= 4 is 45.5 Å². The van der Waals surface area contributed by atoms with E-state index in [4.69, 9.17) is 22.3 Å². The molecule has 32 heavy (non-hydrogen) atoms. The lowest BCUT2D eigenvalue weighted by atomic mass is 10.2. The zero-order valence-electron chi connectivity index (χ0n) is 17.9. The molecule has 3 aromatic heterocycles. The van der Waals surface area contributed by atoms with E-state index in [1.165, 1.54) is 10.3 Å². The van der Waals surface area contributed by atoms with Crippen molar-refractivity contribution in [2.45, 2.75) is 23.3 Å². The molecule has 0 N–H and O–H groups in total. The van der Waals surface area contributed by atoms with Gasteiger partial charge in [-0.25, -0.2) is 9.67 Å². The third kappa shape index (κ3) is 4.94. The van der Waals surface area contributed by atoms with Crippen LogP contribution in [0.1, 0.15) is 11.4 Å². The lowest BCUT2D eigenvalue weighted by molar-refractivity contribution is 0.0979. The molecule has 4 aromatic rings. The van der Waals surface area contributed by atoms with Crippen LogP contribution in [0.4, 0.5) is 0 Å². The summed E-state index contributed by atoms with van der Waals surface area (Å²) in [5.41, 5.74) is 2.37. The van der Waals surface area contributed by atoms with Gasteiger partial charge >= 0.3 is 0 Å². The topological polar surface area (TPSA) is 55.0 Å². The summed E-state index contributed by atoms with van der Waals surface area (Å²) >= 11 is 9.12. The average molecular weight is 484 g/mol. The summed E-state index contributed by atoms with van der Waals surface area (Å²) in [6, 6.07) is 12.4. The van der Waals surface area contributed by atoms with E-state index in [0.29, 0.717) is 0 Å². The quantitative estimate of drug-likeness (QED) is 0.291. The third-order valence-electron chi connectivity index (χ3n) is 5.68. The molecule has 0 amide bonds. The number of thioether (sulfide) groups is 1. The van der Waals surface area contributed by atoms with Crippen molar-refractivity contribution in [3.05, 3.63) is 65.0 Å². The lowest BCUT2D eigenvalue weighted by Crippen LogP contribution is -2.46. The number of pyridine rings is 1. The maximum Gasteiger partial charge on any atom is 0.198 e. The van der Waals surface area contributed by atoms with Crippen molar-refractivity contribution in [2.24, 2.45) is 7.05 Å². The van der Waals surface area contributed by atoms with Gasteiger partial charge in [-0.2, -0.15) is 5.10 Å². The first-order chi connectivity index (χ1) is 15.7. The summed E-state index contributed by atoms with van der Waals surface area (Å²) in [6.45, 7) is 5.83. The van der Waals surface area contributed by atoms with E-state index in [1.807, 2.05) is 34.8 Å². The standard InChI is InChI=1S/C22H25N7S3/c1-26-20(15-31-21-24-18-4-2-3-5-19(18)32-21)25-29(22(26)30)16-28-12-10-27(11-13-28)14-17-6-8-23-9-7-17/h2-9H,10-16H2,1H3. The normalized spacial score (nSPS) is 15.5. The minimum atomic E-state index is 0.738. The number of hydrogen-bond acceptors (Lipinski definition) is 8. The minimum absolute atomic E-state index is 0.738. The van der Waals surface area contributed by atoms with Crippen LogP contribution in [-0.2, 0) is 26.0 Å². The Morgan fingerprint density at radius 2 is 1.78 bits per heavy atom. The highest BCUT2D eigenvalue weighted by atomic mass is 32.2. The van der Waals surface area contributed by atoms with Gasteiger partial charge in [-0.1, -0.05) is 23.9 Å². The van der Waals surface area contributed by atoms with Crippen LogP contribution in [0.2, 0.25) is 0 Å². The van der Waals surface area contributed by atoms with Crippen molar-refractivity contribution in [2.75, 3.05) is 26.2 Å². The molecular formula is C22H25N7S3. The largest absolute Gasteiger partial charge is 0.306 e. The maximum absolute atomic E-state index is 5.67. The van der Waals surface area contributed by atoms with E-state index in [2.05, 4.69) is 45.1 Å². The van der Waals surface area contributed by atoms with Crippen LogP contribution in [0.5, 0.6) is 0 Å². The molecule has 5 rings (SSSR count). The number of rotatable bonds is 7. The van der Waals surface area contributed by atoms with E-state index < -0.39 is 0 Å². The van der Waals surface area contributed by atoms with Crippen LogP contribution in [0, 0.1) is 4.77 Å². The van der Waals surface area contributed by atoms with Gasteiger partial charge in [-0.15, -0.1) is 11.3 Å². The van der Waals surface area contributed by atoms with E-state index in [0.717, 1.165) is 65.6 Å². The smallest absolute Gasteiger partial charge is 0.198 e. The number of fused-ring (bicyclic) bond motifs is 1. The highest BCUT2D eigenvalue weighted by Crippen LogP contribution is 2.31. The first-order valence-corrected chi connectivity index (χ1v) is 12.8. The van der Waals surface area contributed by atoms with Gasteiger partial charge in [0.15, 0.2) is 9.11 Å². The summed E-state index contributed by atoms with van der Waals surface area (Å²) in [4.78, 5) is 13.7. The van der Waals surface area contributed by atoms with Crippen molar-refractivity contribution in [3.8, 4) is 0 Å². The van der Waals surface area contributed by atoms with E-state index in [9.17, 15) is 0 Å². The zero-order chi connectivity index (χ0) is 21.9. The second-order valence-corrected chi connectivity index (χ2v) is 10.5. The summed E-state index contributed by atoms with van der Waals surface area (Å²) in [6.07, 6.45) is 3.72. The molecule has 0 spiro atoms. The summed E-state index contributed by atoms with van der Waals surface area (Å²) in [5.74, 6) is 1.74. The van der Waals surface area contributed by atoms with Gasteiger partial charge in [-0.05, 0) is 42.0 Å². The van der Waals surface area contributed by atoms with E-state index in [-0.39, 0.29) is 0 Å². The van der Waals surface area contributed by atoms with Crippen LogP contribution in [0.15, 0.2) is 53.1 Å². The second-order valence-electron chi connectivity index (χ2n) is 7.88. The highest BCUT2D eigenvalue weighted by Gasteiger charge is 2.19. The summed E-state index contributed by atoms with van der Waals surface area (Å²) < 4.78 is 7.04. The van der Waals surface area contributed by atoms with Crippen LogP contribution in [0.3, 0.4) is 0 Å². The van der Waals surface area contributed by atoms with Crippen molar-refractivity contribution in [1.82, 2.24) is 34.1 Å². The summed E-state index contributed by atoms with van der Waals surface area (Å²) in [7, 11) is 2.01. The number of thiazole rings is 1. The van der Waals surface area contributed by atoms with Crippen LogP contribution >= 0.6 is 35.3 Å². The summed E-state index contributed by atoms with van der Waals surface area (Å²) in [5, 5.41) is 4.83. The Hall–Kier alpha value is -2.11. The number of hydrogen-bond donors (Lipinski definition) is 0. The molecule has 1 saturated heterocycles. The molecule has 166 valence electrons. The van der Waals surface area contributed by atoms with E-state index in [1.54, 1.807) is 23.1 Å². The minimum Gasteiger partial charge on any atom is -0.306 e. The second kappa shape index (κ2) is 9.80. The molecule has 0 radical (unpaired) electrons. The number of nitrogens with zero attached hydrogens (tertiary/aromatic N) is 7. The average Bonchev–Trinajstić information content (AvgIpc) is 3.35. The zero-order valence-corrected chi connectivity index (χ0v) is 20.4. The predicted molar refractivity (Wildman–Crippen MR) is 132 cm³/mol. The molecule has 4 heterocycles. The van der Waals surface area contributed by atoms with Crippen LogP contribution in [0.25, 0.3) is 10.2 Å². The molecule has 1 aliphatic heterocycles. The Kier molecular flexibility index (Phi) is 6.65. The molecule has 1 aromatic carbocycles. The molecule has 0 atom stereocenters. The van der Waals surface area contributed by atoms with Gasteiger partial charge in [0, 0.05) is 52.2 Å². The van der Waals surface area contributed by atoms with Crippen LogP contribution in [-0.4, -0.2) is 60.3 Å². The molecule has 0 saturated carbocycles. The van der Waals surface area contributed by atoms with Crippen LogP contribution < -0.4 is 0 Å². The first kappa shape index (κ1) is 21.7. The third-order valence-corrected chi connectivity index (χ3v) is 8.34. The number of benzene rings is 1. The lowest BCUT2D eigenvalue weighted by Gasteiger charge is -2.34. The Labute approximate surface area is 200 Å². The van der Waals surface area contributed by atoms with Gasteiger partial charge in [0.2, 0.25) is 0 Å². The molecule has 0 unspecified atom stereocenters. The Bertz CT molecular complexity index is 1210. The van der Waals surface area contributed by atoms with Gasteiger partial charge in [-0.3, -0.25) is 14.8 Å². The first-order valence-electron chi connectivity index (χ1n) is 10.6. The monoisotopic (exact) mass is 483 g/mol. The van der Waals surface area contributed by atoms with Gasteiger partial charge in [0.1, 0.15) is 5.82 Å². The molecular weight excluding hydrogens is 458 g/mol. The molecule has 1 aliphatic rings. The SMILES string of the molecule is Cn1c(CSc2nc3ccccc3s2)nn(CN2CCN(Cc3ccncc3)CC2)c1=S. The van der Waals surface area contributed by atoms with Gasteiger partial charge in [0.25, 0.3) is 0 Å². The fourth-order valence-electron chi connectivity index (χ4n) is 3.81. The highest BCUT2D eigenvalue weighted by molar-refractivity contribution is 8.00. The van der Waals surface area contributed by atoms with Crippen molar-refractivity contribution < 1.29 is 0 Å². The molecule has 10 heteroatoms. The number of aromatic nitrogens is 5. The fraction of sp³-hybridized carbons (Fsp3) is 0.364. The molecule has 0 bridgehead atoms. The number of piperazine rings is 1. The number of para-hydroxylation sites is 1. The molecule has 7 nitrogen and oxygen atoms in total. The van der Waals surface area contributed by atoms with Crippen molar-refractivity contribution in [3.63, 3.8) is 0 Å². The Morgan fingerprint density at radius 1 is 1.03 bits per heavy atom. The Morgan fingerprint density at radius 3 is 2.56 bits per heavy atom. The van der Waals surface area contributed by atoms with Gasteiger partial charge in [0.05, 0.1) is 22.6 Å². The fourth-order valence-corrected chi connectivity index (χ4v) is 6.06. The maximum atomic E-state index is 5.67. The predicted octanol–water partition coefficient (Wildman–Crippen LogP) is 4.02.